The molecule has 0 N–H and O–H groups in total. The molecule has 9 heteroatoms. The van der Waals surface area contributed by atoms with Crippen LogP contribution in [0.5, 0.6) is 11.5 Å². The Labute approximate surface area is 128 Å². The van der Waals surface area contributed by atoms with Crippen molar-refractivity contribution in [2.24, 2.45) is 0 Å². The summed E-state index contributed by atoms with van der Waals surface area (Å²) in [6, 6.07) is 2.22. The molecule has 1 aromatic heterocycles. The number of benzene rings is 1. The minimum Gasteiger partial charge on any atom is -0.419 e. The first-order chi connectivity index (χ1) is 10.7. The Morgan fingerprint density at radius 3 is 2.22 bits per heavy atom. The molecule has 23 heavy (non-hydrogen) atoms. The monoisotopic (exact) mass is 321 g/mol. The van der Waals surface area contributed by atoms with Crippen LogP contribution < -0.4 is 15.1 Å². The second-order valence-electron chi connectivity index (χ2n) is 4.62. The van der Waals surface area contributed by atoms with Crippen molar-refractivity contribution in [1.82, 2.24) is 0 Å². The zero-order valence-corrected chi connectivity index (χ0v) is 12.4. The van der Waals surface area contributed by atoms with E-state index in [9.17, 15) is 24.5 Å². The highest BCUT2D eigenvalue weighted by Crippen LogP contribution is 2.44. The van der Waals surface area contributed by atoms with Crippen LogP contribution in [0.2, 0.25) is 0 Å². The van der Waals surface area contributed by atoms with Gasteiger partial charge in [-0.05, 0) is 12.5 Å². The molecular weight excluding hydrogens is 310 g/mol. The van der Waals surface area contributed by atoms with E-state index in [0.717, 1.165) is 26.0 Å². The van der Waals surface area contributed by atoms with Crippen molar-refractivity contribution in [2.45, 2.75) is 20.8 Å². The first-order valence-corrected chi connectivity index (χ1v) is 6.33. The fraction of sp³-hybridized carbons (Fsp3) is 0.214. The third-order valence-corrected chi connectivity index (χ3v) is 2.82. The molecule has 0 saturated heterocycles. The highest BCUT2D eigenvalue weighted by atomic mass is 16.6. The van der Waals surface area contributed by atoms with Crippen LogP contribution in [-0.4, -0.2) is 16.9 Å². The molecule has 0 atom stereocenters. The average molecular weight is 321 g/mol. The Morgan fingerprint density at radius 2 is 1.70 bits per heavy atom. The van der Waals surface area contributed by atoms with E-state index in [4.69, 9.17) is 13.9 Å². The number of rotatable bonds is 3. The number of hydrogen-bond donors (Lipinski definition) is 0. The van der Waals surface area contributed by atoms with E-state index in [1.165, 1.54) is 6.92 Å². The van der Waals surface area contributed by atoms with Gasteiger partial charge in [0.15, 0.2) is 5.58 Å². The lowest BCUT2D eigenvalue weighted by Gasteiger charge is -2.11. The Hall–Kier alpha value is -3.23. The number of nitro benzene ring substituents is 1. The maximum Gasteiger partial charge on any atom is 0.336 e. The van der Waals surface area contributed by atoms with Crippen LogP contribution in [0.3, 0.4) is 0 Å². The lowest BCUT2D eigenvalue weighted by atomic mass is 10.1. The summed E-state index contributed by atoms with van der Waals surface area (Å²) in [6.45, 7) is 3.61. The van der Waals surface area contributed by atoms with Gasteiger partial charge in [-0.25, -0.2) is 4.79 Å². The quantitative estimate of drug-likeness (QED) is 0.275. The highest BCUT2D eigenvalue weighted by Gasteiger charge is 2.29. The smallest absolute Gasteiger partial charge is 0.336 e. The summed E-state index contributed by atoms with van der Waals surface area (Å²) in [5, 5.41) is 11.4. The normalized spacial score (nSPS) is 10.4. The zero-order valence-electron chi connectivity index (χ0n) is 12.4. The molecule has 9 nitrogen and oxygen atoms in total. The Kier molecular flexibility index (Phi) is 4.12. The van der Waals surface area contributed by atoms with Crippen LogP contribution in [-0.2, 0) is 9.59 Å². The van der Waals surface area contributed by atoms with Gasteiger partial charge in [0.05, 0.1) is 4.92 Å². The Balaban J connectivity index is 2.99. The minimum atomic E-state index is -0.865. The fourth-order valence-electron chi connectivity index (χ4n) is 2.00. The summed E-state index contributed by atoms with van der Waals surface area (Å²) in [6.07, 6.45) is 0. The summed E-state index contributed by atoms with van der Waals surface area (Å²) in [5.41, 5.74) is -1.18. The molecule has 2 aromatic rings. The summed E-state index contributed by atoms with van der Waals surface area (Å²) >= 11 is 0. The molecule has 0 spiro atoms. The Bertz CT molecular complexity index is 896. The summed E-state index contributed by atoms with van der Waals surface area (Å²) in [4.78, 5) is 44.5. The van der Waals surface area contributed by atoms with Gasteiger partial charge in [0.25, 0.3) is 5.75 Å². The molecule has 0 aliphatic heterocycles. The molecule has 0 bridgehead atoms. The molecule has 0 radical (unpaired) electrons. The summed E-state index contributed by atoms with van der Waals surface area (Å²) < 4.78 is 14.7. The maximum absolute atomic E-state index is 11.5. The van der Waals surface area contributed by atoms with Gasteiger partial charge in [0.2, 0.25) is 5.75 Å². The van der Waals surface area contributed by atoms with E-state index < -0.39 is 39.7 Å². The van der Waals surface area contributed by atoms with Crippen LogP contribution in [0.1, 0.15) is 19.4 Å². The van der Waals surface area contributed by atoms with E-state index in [1.54, 1.807) is 0 Å². The van der Waals surface area contributed by atoms with Crippen molar-refractivity contribution in [3.05, 3.63) is 38.2 Å². The third kappa shape index (κ3) is 3.18. The van der Waals surface area contributed by atoms with E-state index in [-0.39, 0.29) is 11.0 Å². The van der Waals surface area contributed by atoms with Crippen molar-refractivity contribution in [3.8, 4) is 11.5 Å². The number of hydrogen-bond acceptors (Lipinski definition) is 8. The molecule has 120 valence electrons. The predicted molar refractivity (Wildman–Crippen MR) is 76.5 cm³/mol. The first kappa shape index (κ1) is 16.1. The van der Waals surface area contributed by atoms with E-state index in [1.807, 2.05) is 0 Å². The topological polar surface area (TPSA) is 126 Å². The maximum atomic E-state index is 11.5. The molecule has 0 amide bonds. The molecule has 0 unspecified atom stereocenters. The van der Waals surface area contributed by atoms with Crippen molar-refractivity contribution in [1.29, 1.82) is 0 Å². The van der Waals surface area contributed by atoms with Crippen LogP contribution >= 0.6 is 0 Å². The van der Waals surface area contributed by atoms with Crippen LogP contribution in [0.15, 0.2) is 21.3 Å². The molecule has 0 saturated carbocycles. The Morgan fingerprint density at radius 1 is 1.13 bits per heavy atom. The number of ether oxygens (including phenoxy) is 2. The molecule has 0 fully saturated rings. The van der Waals surface area contributed by atoms with Gasteiger partial charge in [0, 0.05) is 31.4 Å². The van der Waals surface area contributed by atoms with Crippen LogP contribution in [0.4, 0.5) is 5.69 Å². The number of aryl methyl sites for hydroxylation is 1. The third-order valence-electron chi connectivity index (χ3n) is 2.82. The largest absolute Gasteiger partial charge is 0.419 e. The van der Waals surface area contributed by atoms with Gasteiger partial charge in [0.1, 0.15) is 0 Å². The average Bonchev–Trinajstić information content (AvgIpc) is 2.40. The molecular formula is C14H11NO8. The second kappa shape index (κ2) is 5.87. The number of esters is 2. The van der Waals surface area contributed by atoms with Gasteiger partial charge in [-0.3, -0.25) is 19.7 Å². The minimum absolute atomic E-state index is 0.184. The molecule has 1 aromatic carbocycles. The summed E-state index contributed by atoms with van der Waals surface area (Å²) in [7, 11) is 0. The molecule has 0 aliphatic rings. The number of nitro groups is 1. The summed E-state index contributed by atoms with van der Waals surface area (Å²) in [5.74, 6) is -2.78. The van der Waals surface area contributed by atoms with E-state index in [2.05, 4.69) is 0 Å². The molecule has 1 heterocycles. The van der Waals surface area contributed by atoms with E-state index in [0.29, 0.717) is 5.56 Å². The lowest BCUT2D eigenvalue weighted by molar-refractivity contribution is -0.385. The van der Waals surface area contributed by atoms with Crippen molar-refractivity contribution in [2.75, 3.05) is 0 Å². The number of nitrogens with zero attached hydrogens (tertiary/aromatic N) is 1. The van der Waals surface area contributed by atoms with Crippen LogP contribution in [0, 0.1) is 17.0 Å². The van der Waals surface area contributed by atoms with Gasteiger partial charge in [-0.1, -0.05) is 0 Å². The zero-order chi connectivity index (χ0) is 17.3. The first-order valence-electron chi connectivity index (χ1n) is 6.33. The second-order valence-corrected chi connectivity index (χ2v) is 4.62. The predicted octanol–water partition coefficient (Wildman–Crippen LogP) is 1.86. The van der Waals surface area contributed by atoms with Gasteiger partial charge in [-0.2, -0.15) is 0 Å². The fourth-order valence-corrected chi connectivity index (χ4v) is 2.00. The number of carbonyl (C=O) groups excluding carboxylic acids is 2. The van der Waals surface area contributed by atoms with Crippen molar-refractivity contribution < 1.29 is 28.4 Å². The SMILES string of the molecule is CC(=O)Oc1c([N+](=O)[O-])cc2c(C)cc(=O)oc2c1OC(C)=O. The number of carbonyl (C=O) groups is 2. The van der Waals surface area contributed by atoms with Crippen LogP contribution in [0.25, 0.3) is 11.0 Å². The highest BCUT2D eigenvalue weighted by molar-refractivity contribution is 5.94. The van der Waals surface area contributed by atoms with Gasteiger partial charge in [-0.15, -0.1) is 0 Å². The number of fused-ring (bicyclic) bond motifs is 1. The molecule has 2 rings (SSSR count). The van der Waals surface area contributed by atoms with Gasteiger partial charge >= 0.3 is 23.3 Å². The van der Waals surface area contributed by atoms with Gasteiger partial charge < -0.3 is 13.9 Å². The lowest BCUT2D eigenvalue weighted by Crippen LogP contribution is -2.10. The van der Waals surface area contributed by atoms with Crippen molar-refractivity contribution >= 4 is 28.6 Å². The molecule has 0 aliphatic carbocycles. The van der Waals surface area contributed by atoms with Crippen molar-refractivity contribution in [3.63, 3.8) is 0 Å². The van der Waals surface area contributed by atoms with E-state index >= 15 is 0 Å². The standard InChI is InChI=1S/C14H11NO8/c1-6-4-11(18)23-12-9(6)5-10(15(19)20)13(21-7(2)16)14(12)22-8(3)17/h4-5H,1-3H3.